The third-order valence-electron chi connectivity index (χ3n) is 2.49. The molecule has 0 spiro atoms. The topological polar surface area (TPSA) is 27.6 Å². The molecule has 0 bridgehead atoms. The molecule has 0 saturated heterocycles. The molecule has 1 rings (SSSR count). The lowest BCUT2D eigenvalue weighted by molar-refractivity contribution is 0.582. The molecule has 102 valence electrons. The summed E-state index contributed by atoms with van der Waals surface area (Å²) >= 11 is 0. The lowest BCUT2D eigenvalue weighted by Crippen LogP contribution is -2.36. The number of halogens is 1. The molecule has 0 aliphatic rings. The fraction of sp³-hybridized carbons (Fsp3) is 0.500. The van der Waals surface area contributed by atoms with Crippen LogP contribution in [0.3, 0.4) is 0 Å². The van der Waals surface area contributed by atoms with Gasteiger partial charge in [0.1, 0.15) is 0 Å². The van der Waals surface area contributed by atoms with E-state index in [1.54, 1.807) is 0 Å². The van der Waals surface area contributed by atoms with Crippen LogP contribution in [0.15, 0.2) is 35.3 Å². The van der Waals surface area contributed by atoms with Crippen LogP contribution >= 0.6 is 24.0 Å². The van der Waals surface area contributed by atoms with Gasteiger partial charge in [0, 0.05) is 27.2 Å². The maximum Gasteiger partial charge on any atom is 0.193 e. The van der Waals surface area contributed by atoms with Crippen LogP contribution in [-0.2, 0) is 6.42 Å². The lowest BCUT2D eigenvalue weighted by atomic mass is 10.1. The Morgan fingerprint density at radius 1 is 1.22 bits per heavy atom. The van der Waals surface area contributed by atoms with Crippen LogP contribution in [0.2, 0.25) is 0 Å². The average Bonchev–Trinajstić information content (AvgIpc) is 2.34. The third kappa shape index (κ3) is 6.83. The second kappa shape index (κ2) is 10.2. The summed E-state index contributed by atoms with van der Waals surface area (Å²) in [5, 5.41) is 3.26. The summed E-state index contributed by atoms with van der Waals surface area (Å²) < 4.78 is 0. The molecule has 3 nitrogen and oxygen atoms in total. The van der Waals surface area contributed by atoms with Crippen molar-refractivity contribution in [3.8, 4) is 0 Å². The highest BCUT2D eigenvalue weighted by Gasteiger charge is 1.98. The van der Waals surface area contributed by atoms with E-state index in [-0.39, 0.29) is 24.0 Å². The van der Waals surface area contributed by atoms with Crippen LogP contribution in [0.5, 0.6) is 0 Å². The number of aryl methyl sites for hydroxylation is 1. The van der Waals surface area contributed by atoms with Gasteiger partial charge in [0.25, 0.3) is 0 Å². The molecular weight excluding hydrogens is 337 g/mol. The number of nitrogens with zero attached hydrogens (tertiary/aromatic N) is 2. The fourth-order valence-corrected chi connectivity index (χ4v) is 1.63. The zero-order chi connectivity index (χ0) is 12.5. The van der Waals surface area contributed by atoms with Gasteiger partial charge in [0.05, 0.1) is 0 Å². The van der Waals surface area contributed by atoms with E-state index in [2.05, 4.69) is 47.6 Å². The van der Waals surface area contributed by atoms with E-state index >= 15 is 0 Å². The smallest absolute Gasteiger partial charge is 0.193 e. The van der Waals surface area contributed by atoms with Crippen LogP contribution in [0.25, 0.3) is 0 Å². The summed E-state index contributed by atoms with van der Waals surface area (Å²) in [4.78, 5) is 6.58. The molecule has 0 unspecified atom stereocenters. The van der Waals surface area contributed by atoms with Crippen LogP contribution in [0, 0.1) is 0 Å². The summed E-state index contributed by atoms with van der Waals surface area (Å²) in [5.74, 6) is 0.973. The number of nitrogens with one attached hydrogen (secondary N) is 1. The van der Waals surface area contributed by atoms with E-state index in [9.17, 15) is 0 Å². The van der Waals surface area contributed by atoms with Crippen molar-refractivity contribution >= 4 is 29.9 Å². The van der Waals surface area contributed by atoms with Crippen LogP contribution in [-0.4, -0.2) is 38.0 Å². The van der Waals surface area contributed by atoms with Crippen LogP contribution < -0.4 is 5.32 Å². The Morgan fingerprint density at radius 2 is 1.89 bits per heavy atom. The first-order valence-electron chi connectivity index (χ1n) is 6.23. The number of hydrogen-bond donors (Lipinski definition) is 1. The van der Waals surface area contributed by atoms with Crippen molar-refractivity contribution in [1.82, 2.24) is 10.2 Å². The van der Waals surface area contributed by atoms with Gasteiger partial charge in [0.2, 0.25) is 0 Å². The highest BCUT2D eigenvalue weighted by molar-refractivity contribution is 14.0. The normalized spacial score (nSPS) is 10.7. The van der Waals surface area contributed by atoms with Gasteiger partial charge in [0.15, 0.2) is 5.96 Å². The van der Waals surface area contributed by atoms with Gasteiger partial charge in [-0.05, 0) is 25.3 Å². The highest BCUT2D eigenvalue weighted by atomic mass is 127. The van der Waals surface area contributed by atoms with Gasteiger partial charge in [-0.2, -0.15) is 0 Å². The lowest BCUT2D eigenvalue weighted by Gasteiger charge is -2.16. The second-order valence-electron chi connectivity index (χ2n) is 4.22. The molecular formula is C14H24IN3. The summed E-state index contributed by atoms with van der Waals surface area (Å²) in [6, 6.07) is 10.6. The standard InChI is InChI=1S/C14H23N3.HI/c1-4-15-14(17(2)3)16-12-8-11-13-9-6-5-7-10-13;/h5-7,9-10H,4,8,11-12H2,1-3H3,(H,15,16);1H. The quantitative estimate of drug-likeness (QED) is 0.378. The number of rotatable bonds is 5. The highest BCUT2D eigenvalue weighted by Crippen LogP contribution is 2.02. The molecule has 0 aliphatic carbocycles. The van der Waals surface area contributed by atoms with Crippen molar-refractivity contribution in [2.24, 2.45) is 4.99 Å². The van der Waals surface area contributed by atoms with E-state index in [0.29, 0.717) is 0 Å². The van der Waals surface area contributed by atoms with E-state index < -0.39 is 0 Å². The van der Waals surface area contributed by atoms with Crippen molar-refractivity contribution in [2.45, 2.75) is 19.8 Å². The number of guanidine groups is 1. The second-order valence-corrected chi connectivity index (χ2v) is 4.22. The van der Waals surface area contributed by atoms with Gasteiger partial charge < -0.3 is 10.2 Å². The number of aliphatic imine (C=N–C) groups is 1. The summed E-state index contributed by atoms with van der Waals surface area (Å²) in [6.45, 7) is 3.87. The van der Waals surface area contributed by atoms with E-state index in [0.717, 1.165) is 31.9 Å². The maximum absolute atomic E-state index is 4.56. The first kappa shape index (κ1) is 17.2. The molecule has 0 saturated carbocycles. The molecule has 0 heterocycles. The molecule has 0 aromatic heterocycles. The maximum atomic E-state index is 4.56. The van der Waals surface area contributed by atoms with Crippen molar-refractivity contribution in [1.29, 1.82) is 0 Å². The van der Waals surface area contributed by atoms with E-state index in [1.807, 2.05) is 19.0 Å². The Bertz CT molecular complexity index is 336. The Balaban J connectivity index is 0.00000289. The molecule has 1 aromatic rings. The van der Waals surface area contributed by atoms with Gasteiger partial charge in [-0.1, -0.05) is 30.3 Å². The van der Waals surface area contributed by atoms with Crippen molar-refractivity contribution in [3.05, 3.63) is 35.9 Å². The summed E-state index contributed by atoms with van der Waals surface area (Å²) in [5.41, 5.74) is 1.39. The van der Waals surface area contributed by atoms with Gasteiger partial charge in [-0.3, -0.25) is 4.99 Å². The molecule has 0 fully saturated rings. The van der Waals surface area contributed by atoms with E-state index in [1.165, 1.54) is 5.56 Å². The largest absolute Gasteiger partial charge is 0.357 e. The Morgan fingerprint density at radius 3 is 2.44 bits per heavy atom. The van der Waals surface area contributed by atoms with Gasteiger partial charge >= 0.3 is 0 Å². The molecule has 18 heavy (non-hydrogen) atoms. The molecule has 0 atom stereocenters. The van der Waals surface area contributed by atoms with Gasteiger partial charge in [-0.25, -0.2) is 0 Å². The zero-order valence-corrected chi connectivity index (χ0v) is 13.8. The van der Waals surface area contributed by atoms with Crippen molar-refractivity contribution < 1.29 is 0 Å². The summed E-state index contributed by atoms with van der Waals surface area (Å²) in [6.07, 6.45) is 2.18. The fourth-order valence-electron chi connectivity index (χ4n) is 1.63. The SMILES string of the molecule is CCNC(=NCCCc1ccccc1)N(C)C.I. The first-order valence-corrected chi connectivity index (χ1v) is 6.23. The minimum Gasteiger partial charge on any atom is -0.357 e. The minimum atomic E-state index is 0. The zero-order valence-electron chi connectivity index (χ0n) is 11.5. The van der Waals surface area contributed by atoms with E-state index in [4.69, 9.17) is 0 Å². The Labute approximate surface area is 128 Å². The Kier molecular flexibility index (Phi) is 9.73. The molecule has 4 heteroatoms. The molecule has 1 aromatic carbocycles. The third-order valence-corrected chi connectivity index (χ3v) is 2.49. The predicted octanol–water partition coefficient (Wildman–Crippen LogP) is 2.76. The predicted molar refractivity (Wildman–Crippen MR) is 89.8 cm³/mol. The molecule has 0 amide bonds. The monoisotopic (exact) mass is 361 g/mol. The molecule has 1 N–H and O–H groups in total. The molecule has 0 radical (unpaired) electrons. The van der Waals surface area contributed by atoms with Crippen molar-refractivity contribution in [2.75, 3.05) is 27.2 Å². The summed E-state index contributed by atoms with van der Waals surface area (Å²) in [7, 11) is 4.03. The number of hydrogen-bond acceptors (Lipinski definition) is 1. The number of benzene rings is 1. The first-order chi connectivity index (χ1) is 8.24. The minimum absolute atomic E-state index is 0. The van der Waals surface area contributed by atoms with Crippen LogP contribution in [0.4, 0.5) is 0 Å². The molecule has 0 aliphatic heterocycles. The van der Waals surface area contributed by atoms with Gasteiger partial charge in [-0.15, -0.1) is 24.0 Å². The van der Waals surface area contributed by atoms with Crippen molar-refractivity contribution in [3.63, 3.8) is 0 Å². The average molecular weight is 361 g/mol. The van der Waals surface area contributed by atoms with Crippen LogP contribution in [0.1, 0.15) is 18.9 Å². The Hall–Kier alpha value is -0.780.